The zero-order valence-electron chi connectivity index (χ0n) is 24.5. The van der Waals surface area contributed by atoms with Gasteiger partial charge in [0.2, 0.25) is 0 Å². The van der Waals surface area contributed by atoms with Gasteiger partial charge in [0.1, 0.15) is 0 Å². The van der Waals surface area contributed by atoms with Gasteiger partial charge < -0.3 is 5.09 Å². The summed E-state index contributed by atoms with van der Waals surface area (Å²) in [5.74, 6) is 0.847. The molecule has 2 heteroatoms. The van der Waals surface area contributed by atoms with Crippen molar-refractivity contribution >= 4 is 28.6 Å². The van der Waals surface area contributed by atoms with Gasteiger partial charge in [0.25, 0.3) is 0 Å². The molecule has 0 amide bonds. The Kier molecular flexibility index (Phi) is 6.90. The molecule has 38 heavy (non-hydrogen) atoms. The van der Waals surface area contributed by atoms with Crippen LogP contribution < -0.4 is 15.7 Å². The Hall–Kier alpha value is -2.76. The third-order valence-corrected chi connectivity index (χ3v) is 12.3. The van der Waals surface area contributed by atoms with Crippen LogP contribution in [0, 0.1) is 10.8 Å². The van der Waals surface area contributed by atoms with E-state index in [-0.39, 0.29) is 10.8 Å². The lowest BCUT2D eigenvalue weighted by molar-refractivity contribution is 0.338. The van der Waals surface area contributed by atoms with Crippen molar-refractivity contribution in [1.29, 1.82) is 0 Å². The molecule has 0 radical (unpaired) electrons. The Bertz CT molecular complexity index is 1350. The quantitative estimate of drug-likeness (QED) is 0.319. The number of hydrogen-bond acceptors (Lipinski definition) is 1. The summed E-state index contributed by atoms with van der Waals surface area (Å²) in [6.07, 6.45) is 6.32. The molecule has 0 spiro atoms. The van der Waals surface area contributed by atoms with Crippen LogP contribution in [0.4, 0.5) is 5.69 Å². The largest absolute Gasteiger partial charge is 0.358 e. The van der Waals surface area contributed by atoms with Gasteiger partial charge in [-0.05, 0) is 79.4 Å². The topological polar surface area (TPSA) is 12.0 Å². The predicted molar refractivity (Wildman–Crippen MR) is 171 cm³/mol. The van der Waals surface area contributed by atoms with E-state index < -0.39 is 7.04 Å². The van der Waals surface area contributed by atoms with Crippen LogP contribution in [0.1, 0.15) is 84.8 Å². The lowest BCUT2D eigenvalue weighted by Gasteiger charge is -2.35. The molecule has 2 aliphatic carbocycles. The molecule has 3 aromatic rings. The average Bonchev–Trinajstić information content (AvgIpc) is 3.42. The van der Waals surface area contributed by atoms with Crippen molar-refractivity contribution in [2.75, 3.05) is 5.09 Å². The standard InChI is InChI=1S/C36H44NP/c1-25(2)30-20-15-21-31(26(3)4)34(30)37-38(27-16-11-9-12-17-27,28-18-13-10-14-19-28)29-22-32-33(23-29)36(7,8)24-35(32,5)6/h9-23,25-26,37H,24H2,1-8H3. The average molecular weight is 522 g/mol. The van der Waals surface area contributed by atoms with E-state index in [1.165, 1.54) is 50.3 Å². The normalized spacial score (nSPS) is 18.0. The van der Waals surface area contributed by atoms with E-state index in [1.807, 2.05) is 0 Å². The summed E-state index contributed by atoms with van der Waals surface area (Å²) in [7, 11) is -2.26. The van der Waals surface area contributed by atoms with Crippen molar-refractivity contribution in [2.24, 2.45) is 10.8 Å². The van der Waals surface area contributed by atoms with Gasteiger partial charge in [-0.15, -0.1) is 0 Å². The third kappa shape index (κ3) is 4.44. The lowest BCUT2D eigenvalue weighted by atomic mass is 9.83. The second-order valence-electron chi connectivity index (χ2n) is 13.1. The highest BCUT2D eigenvalue weighted by molar-refractivity contribution is 7.91. The lowest BCUT2D eigenvalue weighted by Crippen LogP contribution is -2.27. The van der Waals surface area contributed by atoms with Gasteiger partial charge in [-0.25, -0.2) is 0 Å². The minimum absolute atomic E-state index is 0.166. The van der Waals surface area contributed by atoms with E-state index in [1.54, 1.807) is 0 Å². The zero-order valence-corrected chi connectivity index (χ0v) is 25.4. The minimum atomic E-state index is -2.26. The SMILES string of the molecule is CC(C)c1cccc(C(C)C)c1NP(=C1C=C2C(=C1)C(C)(C)CC2(C)C)(c1ccccc1)c1ccccc1. The fraction of sp³-hybridized carbons (Fsp3) is 0.361. The number of hydrogen-bond donors (Lipinski definition) is 1. The predicted octanol–water partition coefficient (Wildman–Crippen LogP) is 9.42. The Labute approximate surface area is 231 Å². The first-order chi connectivity index (χ1) is 18.0. The Balaban J connectivity index is 1.93. The fourth-order valence-corrected chi connectivity index (χ4v) is 10.7. The number of rotatable bonds is 6. The van der Waals surface area contributed by atoms with E-state index in [0.717, 1.165) is 0 Å². The van der Waals surface area contributed by atoms with Crippen LogP contribution in [0.2, 0.25) is 0 Å². The highest BCUT2D eigenvalue weighted by Gasteiger charge is 2.47. The molecule has 0 atom stereocenters. The molecule has 5 rings (SSSR count). The Morgan fingerprint density at radius 3 is 1.42 bits per heavy atom. The van der Waals surface area contributed by atoms with Crippen molar-refractivity contribution in [3.8, 4) is 0 Å². The maximum Gasteiger partial charge on any atom is 0.0446 e. The summed E-state index contributed by atoms with van der Waals surface area (Å²) in [5, 5.41) is 8.58. The molecular weight excluding hydrogens is 477 g/mol. The van der Waals surface area contributed by atoms with E-state index >= 15 is 0 Å². The molecule has 198 valence electrons. The van der Waals surface area contributed by atoms with Gasteiger partial charge in [0.15, 0.2) is 0 Å². The number of fused-ring (bicyclic) bond motifs is 1. The molecule has 0 bridgehead atoms. The number of anilines is 1. The van der Waals surface area contributed by atoms with E-state index in [0.29, 0.717) is 11.8 Å². The molecule has 0 aliphatic heterocycles. The summed E-state index contributed by atoms with van der Waals surface area (Å²) in [6.45, 7) is 19.0. The Morgan fingerprint density at radius 2 is 1.03 bits per heavy atom. The molecular formula is C36H44NP. The van der Waals surface area contributed by atoms with Crippen LogP contribution in [-0.4, -0.2) is 5.29 Å². The van der Waals surface area contributed by atoms with Gasteiger partial charge >= 0.3 is 0 Å². The molecule has 1 N–H and O–H groups in total. The summed E-state index contributed by atoms with van der Waals surface area (Å²) < 4.78 is 0. The first-order valence-corrected chi connectivity index (χ1v) is 16.0. The van der Waals surface area contributed by atoms with Gasteiger partial charge in [0.05, 0.1) is 0 Å². The molecule has 0 heterocycles. The van der Waals surface area contributed by atoms with Crippen LogP contribution >= 0.6 is 7.04 Å². The summed E-state index contributed by atoms with van der Waals surface area (Å²) in [4.78, 5) is 0. The van der Waals surface area contributed by atoms with Crippen molar-refractivity contribution in [1.82, 2.24) is 0 Å². The van der Waals surface area contributed by atoms with Crippen molar-refractivity contribution in [3.63, 3.8) is 0 Å². The fourth-order valence-electron chi connectivity index (χ4n) is 6.89. The molecule has 0 unspecified atom stereocenters. The third-order valence-electron chi connectivity index (χ3n) is 8.54. The van der Waals surface area contributed by atoms with Crippen molar-refractivity contribution < 1.29 is 0 Å². The molecule has 0 aromatic heterocycles. The first kappa shape index (κ1) is 26.8. The maximum absolute atomic E-state index is 4.40. The molecule has 3 aromatic carbocycles. The number of benzene rings is 3. The van der Waals surface area contributed by atoms with Gasteiger partial charge in [-0.1, -0.05) is 134 Å². The van der Waals surface area contributed by atoms with Gasteiger partial charge in [-0.2, -0.15) is 0 Å². The van der Waals surface area contributed by atoms with Crippen LogP contribution in [0.25, 0.3) is 0 Å². The molecule has 2 aliphatic rings. The molecule has 1 nitrogen and oxygen atoms in total. The second-order valence-corrected chi connectivity index (χ2v) is 16.2. The van der Waals surface area contributed by atoms with Gasteiger partial charge in [-0.3, -0.25) is 0 Å². The molecule has 1 saturated carbocycles. The van der Waals surface area contributed by atoms with Crippen LogP contribution in [0.5, 0.6) is 0 Å². The number of allylic oxidation sites excluding steroid dienone is 4. The highest BCUT2D eigenvalue weighted by Crippen LogP contribution is 2.60. The zero-order chi connectivity index (χ0) is 27.3. The summed E-state index contributed by atoms with van der Waals surface area (Å²) in [6, 6.07) is 29.4. The van der Waals surface area contributed by atoms with Gasteiger partial charge in [0, 0.05) is 12.7 Å². The van der Waals surface area contributed by atoms with Crippen LogP contribution in [0.3, 0.4) is 0 Å². The van der Waals surface area contributed by atoms with E-state index in [4.69, 9.17) is 0 Å². The van der Waals surface area contributed by atoms with Crippen molar-refractivity contribution in [3.05, 3.63) is 113 Å². The molecule has 1 fully saturated rings. The highest BCUT2D eigenvalue weighted by atomic mass is 31.2. The van der Waals surface area contributed by atoms with Crippen LogP contribution in [0.15, 0.2) is 102 Å². The number of nitrogens with one attached hydrogen (secondary N) is 1. The molecule has 0 saturated heterocycles. The Morgan fingerprint density at radius 1 is 0.605 bits per heavy atom. The smallest absolute Gasteiger partial charge is 0.0446 e. The summed E-state index contributed by atoms with van der Waals surface area (Å²) in [5.41, 5.74) is 7.49. The second kappa shape index (κ2) is 9.77. The van der Waals surface area contributed by atoms with E-state index in [9.17, 15) is 0 Å². The van der Waals surface area contributed by atoms with Crippen molar-refractivity contribution in [2.45, 2.75) is 73.6 Å². The minimum Gasteiger partial charge on any atom is -0.358 e. The van der Waals surface area contributed by atoms with E-state index in [2.05, 4.69) is 151 Å². The first-order valence-electron chi connectivity index (χ1n) is 14.2. The monoisotopic (exact) mass is 521 g/mol. The number of para-hydroxylation sites is 1. The van der Waals surface area contributed by atoms with Crippen LogP contribution in [-0.2, 0) is 0 Å². The maximum atomic E-state index is 4.40. The summed E-state index contributed by atoms with van der Waals surface area (Å²) >= 11 is 0.